The fourth-order valence-corrected chi connectivity index (χ4v) is 2.75. The third-order valence-corrected chi connectivity index (χ3v) is 4.29. The van der Waals surface area contributed by atoms with E-state index in [1.165, 1.54) is 32.0 Å². The Kier molecular flexibility index (Phi) is 5.74. The normalized spacial score (nSPS) is 11.2. The number of benzene rings is 2. The number of nitrogens with one attached hydrogen (secondary N) is 3. The van der Waals surface area contributed by atoms with Gasteiger partial charge in [0, 0.05) is 17.4 Å². The Labute approximate surface area is 167 Å². The highest BCUT2D eigenvalue weighted by Crippen LogP contribution is 2.21. The van der Waals surface area contributed by atoms with Crippen molar-refractivity contribution in [2.24, 2.45) is 0 Å². The second kappa shape index (κ2) is 8.24. The van der Waals surface area contributed by atoms with E-state index in [0.717, 1.165) is 16.0 Å². The van der Waals surface area contributed by atoms with E-state index in [4.69, 9.17) is 5.41 Å². The van der Waals surface area contributed by atoms with Crippen LogP contribution in [0.3, 0.4) is 0 Å². The molecule has 2 aromatic carbocycles. The van der Waals surface area contributed by atoms with Crippen molar-refractivity contribution in [1.82, 2.24) is 15.1 Å². The Morgan fingerprint density at radius 1 is 1.24 bits per heavy atom. The summed E-state index contributed by atoms with van der Waals surface area (Å²) in [5, 5.41) is 27.8. The van der Waals surface area contributed by atoms with Crippen molar-refractivity contribution >= 4 is 17.6 Å². The molecule has 4 N–H and O–H groups in total. The Balaban J connectivity index is 1.79. The summed E-state index contributed by atoms with van der Waals surface area (Å²) >= 11 is 0. The Morgan fingerprint density at radius 2 is 1.97 bits per heavy atom. The lowest BCUT2D eigenvalue weighted by atomic mass is 10.1. The quantitative estimate of drug-likeness (QED) is 0.388. The number of aliphatic hydroxyl groups is 1. The molecule has 0 spiro atoms. The van der Waals surface area contributed by atoms with Crippen LogP contribution in [0.15, 0.2) is 60.9 Å². The van der Waals surface area contributed by atoms with E-state index in [1.54, 1.807) is 30.6 Å². The summed E-state index contributed by atoms with van der Waals surface area (Å²) in [7, 11) is 0. The third-order valence-electron chi connectivity index (χ3n) is 4.29. The van der Waals surface area contributed by atoms with Crippen LogP contribution >= 0.6 is 0 Å². The number of H-pyrrole nitrogens is 1. The number of amidine groups is 1. The molecule has 0 fully saturated rings. The van der Waals surface area contributed by atoms with Gasteiger partial charge in [0.1, 0.15) is 17.3 Å². The molecule has 3 aromatic rings. The van der Waals surface area contributed by atoms with Gasteiger partial charge in [-0.3, -0.25) is 15.4 Å². The minimum Gasteiger partial charge on any atom is -0.383 e. The van der Waals surface area contributed by atoms with Crippen LogP contribution in [0.5, 0.6) is 0 Å². The van der Waals surface area contributed by atoms with Crippen molar-refractivity contribution in [3.05, 3.63) is 72.3 Å². The highest BCUT2D eigenvalue weighted by atomic mass is 19.1. The van der Waals surface area contributed by atoms with Gasteiger partial charge >= 0.3 is 6.03 Å². The summed E-state index contributed by atoms with van der Waals surface area (Å²) in [6, 6.07) is 12.3. The fraction of sp³-hybridized carbons (Fsp3) is 0.190. The molecule has 0 saturated heterocycles. The number of carbonyl (C=O) groups is 1. The third kappa shape index (κ3) is 5.05. The summed E-state index contributed by atoms with van der Waals surface area (Å²) in [6.07, 6.45) is 3.46. The lowest BCUT2D eigenvalue weighted by Gasteiger charge is -2.30. The molecule has 7 nitrogen and oxygen atoms in total. The van der Waals surface area contributed by atoms with E-state index in [2.05, 4.69) is 15.5 Å². The number of urea groups is 1. The monoisotopic (exact) mass is 395 g/mol. The van der Waals surface area contributed by atoms with Gasteiger partial charge < -0.3 is 10.4 Å². The number of carbonyl (C=O) groups excluding carboxylic acids is 1. The van der Waals surface area contributed by atoms with Crippen molar-refractivity contribution < 1.29 is 14.3 Å². The van der Waals surface area contributed by atoms with E-state index in [1.807, 2.05) is 12.1 Å². The van der Waals surface area contributed by atoms with E-state index in [-0.39, 0.29) is 12.4 Å². The Morgan fingerprint density at radius 3 is 2.55 bits per heavy atom. The van der Waals surface area contributed by atoms with Crippen LogP contribution in [-0.4, -0.2) is 37.7 Å². The SMILES string of the molecule is CC(C)(O)C(=N)N(Cc1cccc(F)c1)C(=O)Nc1ccc(-c2cn[nH]c2)cc1. The minimum absolute atomic E-state index is 0.0560. The van der Waals surface area contributed by atoms with Gasteiger partial charge in [0.2, 0.25) is 0 Å². The summed E-state index contributed by atoms with van der Waals surface area (Å²) in [4.78, 5) is 13.9. The highest BCUT2D eigenvalue weighted by Gasteiger charge is 2.30. The number of hydrogen-bond donors (Lipinski definition) is 4. The molecule has 0 aliphatic carbocycles. The standard InChI is InChI=1S/C21H22FN5O2/c1-21(2,29)19(23)27(13-14-4-3-5-17(22)10-14)20(28)26-18-8-6-15(7-9-18)16-11-24-25-12-16/h3-12,23,29H,13H2,1-2H3,(H,24,25)(H,26,28). The second-order valence-electron chi connectivity index (χ2n) is 7.12. The molecule has 3 rings (SSSR count). The average molecular weight is 395 g/mol. The molecule has 0 bridgehead atoms. The van der Waals surface area contributed by atoms with E-state index < -0.39 is 17.4 Å². The predicted molar refractivity (Wildman–Crippen MR) is 109 cm³/mol. The van der Waals surface area contributed by atoms with Crippen LogP contribution < -0.4 is 5.32 Å². The van der Waals surface area contributed by atoms with Crippen LogP contribution in [-0.2, 0) is 6.54 Å². The lowest BCUT2D eigenvalue weighted by Crippen LogP contribution is -2.48. The largest absolute Gasteiger partial charge is 0.383 e. The van der Waals surface area contributed by atoms with Crippen molar-refractivity contribution in [2.75, 3.05) is 5.32 Å². The first kappa shape index (κ1) is 20.2. The summed E-state index contributed by atoms with van der Waals surface area (Å²) in [6.45, 7) is 2.78. The lowest BCUT2D eigenvalue weighted by molar-refractivity contribution is 0.135. The van der Waals surface area contributed by atoms with Gasteiger partial charge in [0.05, 0.1) is 12.7 Å². The smallest absolute Gasteiger partial charge is 0.327 e. The van der Waals surface area contributed by atoms with E-state index in [9.17, 15) is 14.3 Å². The number of aromatic amines is 1. The molecule has 1 aromatic heterocycles. The van der Waals surface area contributed by atoms with E-state index in [0.29, 0.717) is 11.3 Å². The molecular formula is C21H22FN5O2. The first-order valence-corrected chi connectivity index (χ1v) is 8.97. The fourth-order valence-electron chi connectivity index (χ4n) is 2.75. The molecular weight excluding hydrogens is 373 g/mol. The molecule has 150 valence electrons. The Bertz CT molecular complexity index is 995. The van der Waals surface area contributed by atoms with Gasteiger partial charge in [-0.1, -0.05) is 24.3 Å². The molecule has 0 atom stereocenters. The number of hydrogen-bond acceptors (Lipinski definition) is 4. The minimum atomic E-state index is -1.55. The number of amides is 2. The van der Waals surface area contributed by atoms with Crippen LogP contribution in [0.25, 0.3) is 11.1 Å². The molecule has 0 unspecified atom stereocenters. The van der Waals surface area contributed by atoms with Gasteiger partial charge in [0.25, 0.3) is 0 Å². The summed E-state index contributed by atoms with van der Waals surface area (Å²) < 4.78 is 13.5. The topological polar surface area (TPSA) is 105 Å². The molecule has 0 radical (unpaired) electrons. The van der Waals surface area contributed by atoms with Crippen molar-refractivity contribution in [2.45, 2.75) is 26.0 Å². The number of anilines is 1. The van der Waals surface area contributed by atoms with Crippen molar-refractivity contribution in [3.8, 4) is 11.1 Å². The summed E-state index contributed by atoms with van der Waals surface area (Å²) in [5.74, 6) is -0.734. The maximum absolute atomic E-state index is 13.5. The van der Waals surface area contributed by atoms with Gasteiger partial charge in [-0.05, 0) is 49.2 Å². The second-order valence-corrected chi connectivity index (χ2v) is 7.12. The highest BCUT2D eigenvalue weighted by molar-refractivity contribution is 6.04. The van der Waals surface area contributed by atoms with E-state index >= 15 is 0 Å². The maximum Gasteiger partial charge on any atom is 0.327 e. The average Bonchev–Trinajstić information content (AvgIpc) is 3.20. The predicted octanol–water partition coefficient (Wildman–Crippen LogP) is 4.00. The zero-order chi connectivity index (χ0) is 21.0. The number of nitrogens with zero attached hydrogens (tertiary/aromatic N) is 2. The zero-order valence-electron chi connectivity index (χ0n) is 16.1. The first-order valence-electron chi connectivity index (χ1n) is 8.97. The maximum atomic E-state index is 13.5. The molecule has 2 amide bonds. The molecule has 29 heavy (non-hydrogen) atoms. The van der Waals surface area contributed by atoms with Crippen molar-refractivity contribution in [1.29, 1.82) is 5.41 Å². The number of aromatic nitrogens is 2. The van der Waals surface area contributed by atoms with Crippen LogP contribution in [0, 0.1) is 11.2 Å². The Hall–Kier alpha value is -3.52. The molecule has 1 heterocycles. The van der Waals surface area contributed by atoms with Gasteiger partial charge in [0.15, 0.2) is 0 Å². The van der Waals surface area contributed by atoms with Crippen LogP contribution in [0.4, 0.5) is 14.9 Å². The molecule has 0 saturated carbocycles. The molecule has 8 heteroatoms. The first-order chi connectivity index (χ1) is 13.7. The molecule has 0 aliphatic heterocycles. The van der Waals surface area contributed by atoms with Crippen LogP contribution in [0.1, 0.15) is 19.4 Å². The number of halogens is 1. The van der Waals surface area contributed by atoms with Gasteiger partial charge in [-0.15, -0.1) is 0 Å². The number of rotatable bonds is 5. The zero-order valence-corrected chi connectivity index (χ0v) is 16.1. The van der Waals surface area contributed by atoms with Gasteiger partial charge in [-0.25, -0.2) is 9.18 Å². The summed E-state index contributed by atoms with van der Waals surface area (Å²) in [5.41, 5.74) is 1.33. The molecule has 0 aliphatic rings. The van der Waals surface area contributed by atoms with Gasteiger partial charge in [-0.2, -0.15) is 5.10 Å². The van der Waals surface area contributed by atoms with Crippen molar-refractivity contribution in [3.63, 3.8) is 0 Å². The van der Waals surface area contributed by atoms with Crippen LogP contribution in [0.2, 0.25) is 0 Å².